The highest BCUT2D eigenvalue weighted by molar-refractivity contribution is 5.81. The summed E-state index contributed by atoms with van der Waals surface area (Å²) in [6.07, 6.45) is 0. The zero-order valence-corrected chi connectivity index (χ0v) is 15.4. The number of hydrogen-bond acceptors (Lipinski definition) is 4. The number of morpholine rings is 1. The molecule has 0 unspecified atom stereocenters. The second-order valence-corrected chi connectivity index (χ2v) is 6.58. The lowest BCUT2D eigenvalue weighted by Gasteiger charge is -2.33. The summed E-state index contributed by atoms with van der Waals surface area (Å²) in [5, 5.41) is 0. The van der Waals surface area contributed by atoms with Crippen molar-refractivity contribution < 1.29 is 14.3 Å². The van der Waals surface area contributed by atoms with Crippen molar-refractivity contribution in [1.82, 2.24) is 9.80 Å². The van der Waals surface area contributed by atoms with E-state index in [0.29, 0.717) is 19.8 Å². The van der Waals surface area contributed by atoms with Crippen molar-refractivity contribution in [3.05, 3.63) is 60.2 Å². The summed E-state index contributed by atoms with van der Waals surface area (Å²) in [4.78, 5) is 16.6. The minimum absolute atomic E-state index is 0.121. The molecule has 5 nitrogen and oxygen atoms in total. The van der Waals surface area contributed by atoms with Crippen LogP contribution < -0.4 is 4.74 Å². The van der Waals surface area contributed by atoms with Crippen molar-refractivity contribution in [3.63, 3.8) is 0 Å². The Morgan fingerprint density at radius 1 is 1.08 bits per heavy atom. The highest BCUT2D eigenvalue weighted by atomic mass is 16.5. The number of ether oxygens (including phenoxy) is 2. The molecular weight excluding hydrogens is 328 g/mol. The lowest BCUT2D eigenvalue weighted by atomic mass is 10.1. The second-order valence-electron chi connectivity index (χ2n) is 6.58. The quantitative estimate of drug-likeness (QED) is 0.799. The lowest BCUT2D eigenvalue weighted by Crippen LogP contribution is -2.49. The molecule has 1 heterocycles. The van der Waals surface area contributed by atoms with Crippen molar-refractivity contribution in [1.29, 1.82) is 0 Å². The number of carbonyl (C=O) groups excluding carboxylic acids is 1. The van der Waals surface area contributed by atoms with Crippen molar-refractivity contribution >= 4 is 5.91 Å². The van der Waals surface area contributed by atoms with Gasteiger partial charge >= 0.3 is 0 Å². The molecule has 5 heteroatoms. The first-order chi connectivity index (χ1) is 12.6. The van der Waals surface area contributed by atoms with Gasteiger partial charge in [-0.2, -0.15) is 0 Å². The molecule has 1 aliphatic rings. The van der Waals surface area contributed by atoms with E-state index < -0.39 is 0 Å². The first-order valence-electron chi connectivity index (χ1n) is 9.02. The third kappa shape index (κ3) is 4.84. The van der Waals surface area contributed by atoms with Gasteiger partial charge in [0, 0.05) is 26.7 Å². The number of para-hydroxylation sites is 1. The first-order valence-corrected chi connectivity index (χ1v) is 9.02. The van der Waals surface area contributed by atoms with Gasteiger partial charge < -0.3 is 14.4 Å². The van der Waals surface area contributed by atoms with Crippen molar-refractivity contribution in [3.8, 4) is 11.5 Å². The highest BCUT2D eigenvalue weighted by Crippen LogP contribution is 2.21. The summed E-state index contributed by atoms with van der Waals surface area (Å²) < 4.78 is 11.2. The van der Waals surface area contributed by atoms with Crippen molar-refractivity contribution in [2.24, 2.45) is 0 Å². The molecule has 0 aliphatic carbocycles. The van der Waals surface area contributed by atoms with Gasteiger partial charge in [0.25, 0.3) is 0 Å². The van der Waals surface area contributed by atoms with Crippen LogP contribution >= 0.6 is 0 Å². The molecule has 0 saturated carbocycles. The predicted octanol–water partition coefficient (Wildman–Crippen LogP) is 3.16. The number of amides is 1. The maximum atomic E-state index is 12.7. The van der Waals surface area contributed by atoms with E-state index in [4.69, 9.17) is 9.47 Å². The van der Waals surface area contributed by atoms with Gasteiger partial charge in [0.15, 0.2) is 0 Å². The molecule has 3 rings (SSSR count). The van der Waals surface area contributed by atoms with Crippen LogP contribution in [0.1, 0.15) is 12.5 Å². The summed E-state index contributed by atoms with van der Waals surface area (Å²) in [5.74, 6) is 1.74. The van der Waals surface area contributed by atoms with E-state index in [1.54, 1.807) is 4.90 Å². The van der Waals surface area contributed by atoms with Gasteiger partial charge in [-0.3, -0.25) is 9.69 Å². The number of rotatable bonds is 6. The Morgan fingerprint density at radius 3 is 2.35 bits per heavy atom. The van der Waals surface area contributed by atoms with Crippen LogP contribution in [0.4, 0.5) is 0 Å². The number of likely N-dealkylation sites (N-methyl/N-ethyl adjacent to an activating group) is 1. The molecule has 2 aromatic rings. The fraction of sp³-hybridized carbons (Fsp3) is 0.381. The van der Waals surface area contributed by atoms with Gasteiger partial charge in [0.05, 0.1) is 19.3 Å². The molecule has 0 spiro atoms. The normalized spacial score (nSPS) is 16.1. The summed E-state index contributed by atoms with van der Waals surface area (Å²) in [6, 6.07) is 17.5. The number of nitrogens with zero attached hydrogens (tertiary/aromatic N) is 2. The van der Waals surface area contributed by atoms with Gasteiger partial charge in [-0.1, -0.05) is 30.3 Å². The van der Waals surface area contributed by atoms with Crippen LogP contribution in [0.3, 0.4) is 0 Å². The fourth-order valence-electron chi connectivity index (χ4n) is 3.08. The Morgan fingerprint density at radius 2 is 1.69 bits per heavy atom. The van der Waals surface area contributed by atoms with Crippen molar-refractivity contribution in [2.75, 3.05) is 33.4 Å². The Kier molecular flexibility index (Phi) is 6.26. The molecule has 2 aromatic carbocycles. The largest absolute Gasteiger partial charge is 0.457 e. The molecule has 1 aliphatic heterocycles. The summed E-state index contributed by atoms with van der Waals surface area (Å²) in [6.45, 7) is 5.58. The van der Waals surface area contributed by atoms with E-state index in [1.807, 2.05) is 68.6 Å². The molecular formula is C21H26N2O3. The summed E-state index contributed by atoms with van der Waals surface area (Å²) >= 11 is 0. The van der Waals surface area contributed by atoms with Gasteiger partial charge in [-0.25, -0.2) is 0 Å². The number of benzene rings is 2. The predicted molar refractivity (Wildman–Crippen MR) is 101 cm³/mol. The summed E-state index contributed by atoms with van der Waals surface area (Å²) in [7, 11) is 1.85. The maximum absolute atomic E-state index is 12.7. The third-order valence-electron chi connectivity index (χ3n) is 4.65. The first kappa shape index (κ1) is 18.4. The van der Waals surface area contributed by atoms with E-state index in [-0.39, 0.29) is 11.9 Å². The van der Waals surface area contributed by atoms with E-state index in [9.17, 15) is 4.79 Å². The minimum atomic E-state index is -0.121. The van der Waals surface area contributed by atoms with E-state index in [2.05, 4.69) is 4.90 Å². The smallest absolute Gasteiger partial charge is 0.239 e. The average Bonchev–Trinajstić information content (AvgIpc) is 2.70. The Hall–Kier alpha value is -2.37. The zero-order chi connectivity index (χ0) is 18.4. The van der Waals surface area contributed by atoms with Crippen LogP contribution in [0, 0.1) is 0 Å². The second kappa shape index (κ2) is 8.83. The zero-order valence-electron chi connectivity index (χ0n) is 15.4. The van der Waals surface area contributed by atoms with Crippen LogP contribution in [0.15, 0.2) is 54.6 Å². The Bertz CT molecular complexity index is 697. The minimum Gasteiger partial charge on any atom is -0.457 e. The Balaban J connectivity index is 1.55. The number of hydrogen-bond donors (Lipinski definition) is 0. The van der Waals surface area contributed by atoms with Crippen LogP contribution in [0.2, 0.25) is 0 Å². The number of carbonyl (C=O) groups is 1. The lowest BCUT2D eigenvalue weighted by molar-refractivity contribution is -0.137. The topological polar surface area (TPSA) is 42.0 Å². The molecule has 1 saturated heterocycles. The molecule has 0 aromatic heterocycles. The van der Waals surface area contributed by atoms with Crippen LogP contribution in [0.5, 0.6) is 11.5 Å². The van der Waals surface area contributed by atoms with Crippen LogP contribution in [0.25, 0.3) is 0 Å². The van der Waals surface area contributed by atoms with E-state index >= 15 is 0 Å². The molecule has 138 valence electrons. The van der Waals surface area contributed by atoms with Crippen LogP contribution in [-0.4, -0.2) is 55.1 Å². The fourth-order valence-corrected chi connectivity index (χ4v) is 3.08. The SMILES string of the molecule is C[C@@H](C(=O)N(C)Cc1ccc(Oc2ccccc2)cc1)N1CCOCC1. The molecule has 1 amide bonds. The molecule has 0 radical (unpaired) electrons. The van der Waals surface area contributed by atoms with Gasteiger partial charge in [0.1, 0.15) is 11.5 Å². The maximum Gasteiger partial charge on any atom is 0.239 e. The molecule has 26 heavy (non-hydrogen) atoms. The molecule has 1 fully saturated rings. The van der Waals surface area contributed by atoms with Crippen LogP contribution in [-0.2, 0) is 16.1 Å². The standard InChI is InChI=1S/C21H26N2O3/c1-17(23-12-14-25-15-13-23)21(24)22(2)16-18-8-10-20(11-9-18)26-19-6-4-3-5-7-19/h3-11,17H,12-16H2,1-2H3/t17-/m0/s1. The van der Waals surface area contributed by atoms with Gasteiger partial charge in [0.2, 0.25) is 5.91 Å². The van der Waals surface area contributed by atoms with E-state index in [0.717, 1.165) is 30.2 Å². The van der Waals surface area contributed by atoms with Gasteiger partial charge in [-0.15, -0.1) is 0 Å². The average molecular weight is 354 g/mol. The highest BCUT2D eigenvalue weighted by Gasteiger charge is 2.25. The third-order valence-corrected chi connectivity index (χ3v) is 4.65. The molecule has 0 bridgehead atoms. The molecule has 1 atom stereocenters. The monoisotopic (exact) mass is 354 g/mol. The molecule has 0 N–H and O–H groups in total. The Labute approximate surface area is 155 Å². The van der Waals surface area contributed by atoms with Gasteiger partial charge in [-0.05, 0) is 36.8 Å². The summed E-state index contributed by atoms with van der Waals surface area (Å²) in [5.41, 5.74) is 1.08. The van der Waals surface area contributed by atoms with Crippen molar-refractivity contribution in [2.45, 2.75) is 19.5 Å². The van der Waals surface area contributed by atoms with E-state index in [1.165, 1.54) is 0 Å².